The lowest BCUT2D eigenvalue weighted by molar-refractivity contribution is -0.164. The fraction of sp³-hybridized carbons (Fsp3) is 0.857. The molecule has 0 radical (unpaired) electrons. The van der Waals surface area contributed by atoms with Crippen LogP contribution in [0.4, 0.5) is 4.79 Å². The summed E-state index contributed by atoms with van der Waals surface area (Å²) < 4.78 is 37.7. The molecule has 0 bridgehead atoms. The van der Waals surface area contributed by atoms with Gasteiger partial charge in [0, 0.05) is 0 Å². The fourth-order valence-electron chi connectivity index (χ4n) is 1.44. The molecule has 0 spiro atoms. The number of nitrogens with one attached hydrogen (secondary N) is 1. The highest BCUT2D eigenvalue weighted by Gasteiger charge is 2.35. The fourth-order valence-corrected chi connectivity index (χ4v) is 2.07. The summed E-state index contributed by atoms with van der Waals surface area (Å²) in [6.45, 7) is 11.3. The second kappa shape index (κ2) is 7.48. The van der Waals surface area contributed by atoms with Crippen molar-refractivity contribution in [2.75, 3.05) is 6.26 Å². The van der Waals surface area contributed by atoms with Gasteiger partial charge < -0.3 is 14.8 Å². The highest BCUT2D eigenvalue weighted by atomic mass is 32.2. The van der Waals surface area contributed by atoms with Crippen LogP contribution in [0.1, 0.15) is 48.5 Å². The van der Waals surface area contributed by atoms with Crippen molar-refractivity contribution in [1.29, 1.82) is 0 Å². The summed E-state index contributed by atoms with van der Waals surface area (Å²) in [5.41, 5.74) is -1.56. The summed E-state index contributed by atoms with van der Waals surface area (Å²) in [7, 11) is -3.93. The lowest BCUT2D eigenvalue weighted by atomic mass is 10.1. The van der Waals surface area contributed by atoms with Crippen molar-refractivity contribution in [3.8, 4) is 0 Å². The highest BCUT2D eigenvalue weighted by Crippen LogP contribution is 2.14. The van der Waals surface area contributed by atoms with Crippen molar-refractivity contribution in [3.05, 3.63) is 0 Å². The van der Waals surface area contributed by atoms with Gasteiger partial charge in [-0.1, -0.05) is 0 Å². The molecule has 136 valence electrons. The Morgan fingerprint density at radius 1 is 0.957 bits per heavy atom. The zero-order valence-corrected chi connectivity index (χ0v) is 15.7. The van der Waals surface area contributed by atoms with E-state index in [1.807, 2.05) is 0 Å². The molecule has 8 nitrogen and oxygen atoms in total. The quantitative estimate of drug-likeness (QED) is 0.590. The smallest absolute Gasteiger partial charge is 0.407 e. The molecule has 0 aliphatic heterocycles. The lowest BCUT2D eigenvalue weighted by Crippen LogP contribution is -2.50. The summed E-state index contributed by atoms with van der Waals surface area (Å²) >= 11 is 0. The minimum Gasteiger partial charge on any atom is -0.458 e. The van der Waals surface area contributed by atoms with Gasteiger partial charge in [0.2, 0.25) is 0 Å². The molecule has 1 amide bonds. The molecule has 0 aromatic heterocycles. The molecule has 0 unspecified atom stereocenters. The van der Waals surface area contributed by atoms with Crippen LogP contribution >= 0.6 is 0 Å². The summed E-state index contributed by atoms with van der Waals surface area (Å²) in [6, 6.07) is -0.977. The zero-order chi connectivity index (χ0) is 18.6. The molecular weight excluding hydrogens is 326 g/mol. The number of rotatable bonds is 5. The average Bonchev–Trinajstić information content (AvgIpc) is 2.18. The van der Waals surface area contributed by atoms with E-state index < -0.39 is 45.5 Å². The number of amides is 1. The first kappa shape index (κ1) is 21.6. The van der Waals surface area contributed by atoms with Crippen LogP contribution in [0.25, 0.3) is 0 Å². The van der Waals surface area contributed by atoms with Crippen LogP contribution in [-0.2, 0) is 28.6 Å². The van der Waals surface area contributed by atoms with Gasteiger partial charge in [0.1, 0.15) is 11.2 Å². The summed E-state index contributed by atoms with van der Waals surface area (Å²) in [5.74, 6) is -0.897. The van der Waals surface area contributed by atoms with Crippen LogP contribution < -0.4 is 5.32 Å². The first-order valence-electron chi connectivity index (χ1n) is 7.11. The van der Waals surface area contributed by atoms with Crippen molar-refractivity contribution in [2.24, 2.45) is 0 Å². The summed E-state index contributed by atoms with van der Waals surface area (Å²) in [4.78, 5) is 23.9. The predicted molar refractivity (Wildman–Crippen MR) is 84.4 cm³/mol. The molecule has 0 rings (SSSR count). The van der Waals surface area contributed by atoms with Gasteiger partial charge in [-0.05, 0) is 48.5 Å². The van der Waals surface area contributed by atoms with Gasteiger partial charge in [-0.25, -0.2) is 9.59 Å². The number of alkyl carbamates (subject to hydrolysis) is 1. The van der Waals surface area contributed by atoms with Gasteiger partial charge in [0.25, 0.3) is 10.1 Å². The summed E-state index contributed by atoms with van der Waals surface area (Å²) in [5, 5.41) is 2.37. The monoisotopic (exact) mass is 353 g/mol. The predicted octanol–water partition coefficient (Wildman–Crippen LogP) is 1.59. The maximum atomic E-state index is 12.1. The normalized spacial score (nSPS) is 15.5. The van der Waals surface area contributed by atoms with E-state index in [1.165, 1.54) is 6.92 Å². The van der Waals surface area contributed by atoms with Crippen molar-refractivity contribution >= 4 is 22.2 Å². The van der Waals surface area contributed by atoms with Crippen molar-refractivity contribution in [3.63, 3.8) is 0 Å². The van der Waals surface area contributed by atoms with Crippen LogP contribution in [0.3, 0.4) is 0 Å². The van der Waals surface area contributed by atoms with E-state index in [0.29, 0.717) is 0 Å². The van der Waals surface area contributed by atoms with Gasteiger partial charge in [-0.3, -0.25) is 4.18 Å². The molecular formula is C14H27NO7S. The third-order valence-electron chi connectivity index (χ3n) is 2.12. The Hall–Kier alpha value is -1.35. The van der Waals surface area contributed by atoms with E-state index in [4.69, 9.17) is 13.7 Å². The Balaban J connectivity index is 5.13. The van der Waals surface area contributed by atoms with Crippen molar-refractivity contribution in [1.82, 2.24) is 5.32 Å². The first-order chi connectivity index (χ1) is 10.0. The lowest BCUT2D eigenvalue weighted by Gasteiger charge is -2.28. The molecule has 0 aliphatic rings. The van der Waals surface area contributed by atoms with Crippen LogP contribution in [-0.4, -0.2) is 50.1 Å². The summed E-state index contributed by atoms with van der Waals surface area (Å²) in [6.07, 6.45) is -1.50. The van der Waals surface area contributed by atoms with Gasteiger partial charge in [-0.2, -0.15) is 8.42 Å². The molecule has 0 saturated heterocycles. The Morgan fingerprint density at radius 2 is 1.39 bits per heavy atom. The minimum absolute atomic E-state index is 0.733. The average molecular weight is 353 g/mol. The molecule has 2 atom stereocenters. The van der Waals surface area contributed by atoms with E-state index in [2.05, 4.69) is 5.32 Å². The molecule has 23 heavy (non-hydrogen) atoms. The number of hydrogen-bond donors (Lipinski definition) is 1. The van der Waals surface area contributed by atoms with E-state index in [0.717, 1.165) is 6.26 Å². The maximum absolute atomic E-state index is 12.1. The Bertz CT molecular complexity index is 528. The number of hydrogen-bond acceptors (Lipinski definition) is 7. The number of carbonyl (C=O) groups excluding carboxylic acids is 2. The molecule has 0 fully saturated rings. The van der Waals surface area contributed by atoms with Crippen molar-refractivity contribution in [2.45, 2.75) is 71.8 Å². The maximum Gasteiger partial charge on any atom is 0.407 e. The van der Waals surface area contributed by atoms with Gasteiger partial charge in [0.15, 0.2) is 6.10 Å². The van der Waals surface area contributed by atoms with Gasteiger partial charge in [0.05, 0.1) is 12.3 Å². The van der Waals surface area contributed by atoms with Crippen LogP contribution in [0.2, 0.25) is 0 Å². The SMILES string of the molecule is C[C@H](NC(=O)OC(C)(C)C)[C@H](OS(C)(=O)=O)C(=O)OC(C)(C)C. The minimum atomic E-state index is -3.93. The number of carbonyl (C=O) groups is 2. The molecule has 0 aromatic carbocycles. The zero-order valence-electron chi connectivity index (χ0n) is 14.9. The Morgan fingerprint density at radius 3 is 1.74 bits per heavy atom. The van der Waals surface area contributed by atoms with Crippen LogP contribution in [0, 0.1) is 0 Å². The third kappa shape index (κ3) is 10.9. The molecule has 1 N–H and O–H groups in total. The number of esters is 1. The van der Waals surface area contributed by atoms with Gasteiger partial charge in [-0.15, -0.1) is 0 Å². The van der Waals surface area contributed by atoms with Crippen LogP contribution in [0.5, 0.6) is 0 Å². The molecule has 9 heteroatoms. The molecule has 0 aliphatic carbocycles. The second-order valence-corrected chi connectivity index (χ2v) is 8.79. The standard InChI is InChI=1S/C14H27NO7S/c1-9(15-12(17)21-14(5,6)7)10(22-23(8,18)19)11(16)20-13(2,3)4/h9-10H,1-8H3,(H,15,17)/t9-,10-/m0/s1. The van der Waals surface area contributed by atoms with Crippen LogP contribution in [0.15, 0.2) is 0 Å². The third-order valence-corrected chi connectivity index (χ3v) is 2.67. The molecule has 0 aromatic rings. The topological polar surface area (TPSA) is 108 Å². The van der Waals surface area contributed by atoms with Gasteiger partial charge >= 0.3 is 12.1 Å². The first-order valence-corrected chi connectivity index (χ1v) is 8.92. The van der Waals surface area contributed by atoms with E-state index in [-0.39, 0.29) is 0 Å². The van der Waals surface area contributed by atoms with E-state index >= 15 is 0 Å². The van der Waals surface area contributed by atoms with E-state index in [1.54, 1.807) is 41.5 Å². The second-order valence-electron chi connectivity index (χ2n) is 7.19. The van der Waals surface area contributed by atoms with Crippen molar-refractivity contribution < 1.29 is 31.7 Å². The van der Waals surface area contributed by atoms with E-state index in [9.17, 15) is 18.0 Å². The largest absolute Gasteiger partial charge is 0.458 e. The molecule has 0 saturated carbocycles. The Labute approximate surface area is 138 Å². The highest BCUT2D eigenvalue weighted by molar-refractivity contribution is 7.86. The Kier molecular flexibility index (Phi) is 7.04. The molecule has 0 heterocycles. The number of ether oxygens (including phenoxy) is 2.